The standard InChI is InChI=1S/5C24H32S.5FH/c5*1-2-3-4-5-6-19-7-9-20(10-8-19)21-11-13-22(14-12-21)23-15-17-24(25)18-16-23;;;;;/h5*7-10,15-18,21-22,25H,2-6,11-14H2,1H3;5*1H. The molecule has 0 radical (unpaired) electrons. The van der Waals surface area contributed by atoms with Crippen molar-refractivity contribution in [3.8, 4) is 0 Å². The van der Waals surface area contributed by atoms with E-state index in [0.29, 0.717) is 0 Å². The van der Waals surface area contributed by atoms with E-state index < -0.39 is 0 Å². The van der Waals surface area contributed by atoms with E-state index in [1.807, 2.05) is 0 Å². The highest BCUT2D eigenvalue weighted by molar-refractivity contribution is 7.81. The summed E-state index contributed by atoms with van der Waals surface area (Å²) in [5, 5.41) is 0. The summed E-state index contributed by atoms with van der Waals surface area (Å²) in [6.45, 7) is 11.4. The lowest BCUT2D eigenvalue weighted by Crippen LogP contribution is -2.12. The topological polar surface area (TPSA) is 0 Å². The minimum atomic E-state index is 0. The van der Waals surface area contributed by atoms with Gasteiger partial charge >= 0.3 is 0 Å². The second-order valence-electron chi connectivity index (χ2n) is 38.5. The van der Waals surface area contributed by atoms with Gasteiger partial charge in [-0.3, -0.25) is 23.5 Å². The lowest BCUT2D eigenvalue weighted by molar-refractivity contribution is 0.396. The predicted molar refractivity (Wildman–Crippen MR) is 572 cm³/mol. The van der Waals surface area contributed by atoms with E-state index in [4.69, 9.17) is 0 Å². The molecule has 5 fully saturated rings. The SMILES string of the molecule is CCCCCCc1ccc(C2CCC(c3ccc(S)cc3)CC2)cc1.CCCCCCc1ccc(C2CCC(c3ccc(S)cc3)CC2)cc1.CCCCCCc1ccc(C2CCC(c3ccc(S)cc3)CC2)cc1.CCCCCCc1ccc(C2CCC(c3ccc(S)cc3)CC2)cc1.CCCCCCc1ccc(C2CCC(c3ccc(S)cc3)CC2)cc1.F.F.F.F.F. The Kier molecular flexibility index (Phi) is 55.1. The molecular weight excluding hydrogens is 1700 g/mol. The van der Waals surface area contributed by atoms with Crippen LogP contribution in [0.1, 0.15) is 434 Å². The Labute approximate surface area is 813 Å². The highest BCUT2D eigenvalue weighted by Crippen LogP contribution is 2.47. The van der Waals surface area contributed by atoms with E-state index in [1.165, 1.54) is 345 Å². The van der Waals surface area contributed by atoms with Crippen molar-refractivity contribution < 1.29 is 23.5 Å². The summed E-state index contributed by atoms with van der Waals surface area (Å²) < 4.78 is 0. The third kappa shape index (κ3) is 38.8. The Balaban J connectivity index is 0.000000248. The lowest BCUT2D eigenvalue weighted by Gasteiger charge is -2.29. The van der Waals surface area contributed by atoms with Gasteiger partial charge < -0.3 is 0 Å². The maximum absolute atomic E-state index is 4.40. The molecule has 0 unspecified atom stereocenters. The normalized spacial score (nSPS) is 19.8. The van der Waals surface area contributed by atoms with Crippen LogP contribution in [0.25, 0.3) is 0 Å². The van der Waals surface area contributed by atoms with Crippen LogP contribution >= 0.6 is 63.1 Å². The van der Waals surface area contributed by atoms with Crippen molar-refractivity contribution in [2.24, 2.45) is 0 Å². The van der Waals surface area contributed by atoms with Gasteiger partial charge in [-0.25, -0.2) is 0 Å². The highest BCUT2D eigenvalue weighted by atomic mass is 32.1. The number of unbranched alkanes of at least 4 members (excludes halogenated alkanes) is 15. The smallest absolute Gasteiger partial charge is 0.00401 e. The Hall–Kier alpha value is -6.40. The molecule has 0 aromatic heterocycles. The maximum atomic E-state index is 4.40. The summed E-state index contributed by atoms with van der Waals surface area (Å²) in [6, 6.07) is 91.7. The molecule has 10 aromatic carbocycles. The second kappa shape index (κ2) is 63.8. The molecule has 0 spiro atoms. The van der Waals surface area contributed by atoms with Gasteiger partial charge in [-0.15, -0.1) is 63.1 Å². The largest absolute Gasteiger partial charge is 0.269 e. The van der Waals surface area contributed by atoms with Gasteiger partial charge in [0, 0.05) is 24.5 Å². The molecule has 0 atom stereocenters. The van der Waals surface area contributed by atoms with Gasteiger partial charge in [0.15, 0.2) is 0 Å². The summed E-state index contributed by atoms with van der Waals surface area (Å²) in [6.07, 6.45) is 59.6. The number of halogens is 5. The summed E-state index contributed by atoms with van der Waals surface area (Å²) in [5.41, 5.74) is 22.8. The van der Waals surface area contributed by atoms with Gasteiger partial charge in [0.25, 0.3) is 0 Å². The van der Waals surface area contributed by atoms with Crippen LogP contribution in [0.3, 0.4) is 0 Å². The number of benzene rings is 10. The lowest BCUT2D eigenvalue weighted by atomic mass is 9.76. The van der Waals surface area contributed by atoms with Gasteiger partial charge in [0.1, 0.15) is 0 Å². The molecule has 130 heavy (non-hydrogen) atoms. The van der Waals surface area contributed by atoms with Crippen LogP contribution in [0.2, 0.25) is 0 Å². The average Bonchev–Trinajstić information content (AvgIpc) is 0.850. The van der Waals surface area contributed by atoms with E-state index >= 15 is 0 Å². The van der Waals surface area contributed by atoms with Gasteiger partial charge in [0.2, 0.25) is 0 Å². The fourth-order valence-corrected chi connectivity index (χ4v) is 21.8. The molecule has 0 heterocycles. The molecule has 10 heteroatoms. The monoisotopic (exact) mass is 1860 g/mol. The molecule has 710 valence electrons. The average molecular weight is 1860 g/mol. The third-order valence-electron chi connectivity index (χ3n) is 29.3. The molecule has 5 aliphatic rings. The Bertz CT molecular complexity index is 3800. The van der Waals surface area contributed by atoms with Gasteiger partial charge in [-0.05, 0) is 396 Å². The number of aryl methyl sites for hydroxylation is 5. The first-order chi connectivity index (χ1) is 61.3. The molecule has 0 N–H and O–H groups in total. The molecule has 0 bridgehead atoms. The molecule has 0 saturated heterocycles. The Morgan fingerprint density at radius 1 is 0.146 bits per heavy atom. The van der Waals surface area contributed by atoms with E-state index in [9.17, 15) is 0 Å². The summed E-state index contributed by atoms with van der Waals surface area (Å²) in [5.74, 6) is 7.49. The van der Waals surface area contributed by atoms with Crippen molar-refractivity contribution >= 4 is 63.1 Å². The number of hydrogen-bond acceptors (Lipinski definition) is 5. The van der Waals surface area contributed by atoms with Gasteiger partial charge in [-0.1, -0.05) is 313 Å². The molecule has 10 aromatic rings. The minimum absolute atomic E-state index is 0. The maximum Gasteiger partial charge on any atom is 0.00401 e. The Morgan fingerprint density at radius 2 is 0.246 bits per heavy atom. The van der Waals surface area contributed by atoms with E-state index in [1.54, 1.807) is 27.8 Å². The molecule has 0 nitrogen and oxygen atoms in total. The first-order valence-corrected chi connectivity index (χ1v) is 52.9. The van der Waals surface area contributed by atoms with Crippen molar-refractivity contribution in [1.29, 1.82) is 0 Å². The molecule has 15 rings (SSSR count). The zero-order valence-electron chi connectivity index (χ0n) is 80.0. The summed E-state index contributed by atoms with van der Waals surface area (Å²) in [4.78, 5) is 5.31. The zero-order valence-corrected chi connectivity index (χ0v) is 84.4. The van der Waals surface area contributed by atoms with E-state index in [2.05, 4.69) is 340 Å². The van der Waals surface area contributed by atoms with Crippen LogP contribution < -0.4 is 0 Å². The first kappa shape index (κ1) is 112. The minimum Gasteiger partial charge on any atom is -0.269 e. The van der Waals surface area contributed by atoms with Crippen molar-refractivity contribution in [1.82, 2.24) is 0 Å². The van der Waals surface area contributed by atoms with Crippen LogP contribution in [-0.2, 0) is 32.1 Å². The summed E-state index contributed by atoms with van der Waals surface area (Å²) in [7, 11) is 0. The van der Waals surface area contributed by atoms with Crippen LogP contribution in [0.15, 0.2) is 267 Å². The molecular formula is C120H165F5S5. The van der Waals surface area contributed by atoms with Gasteiger partial charge in [0.05, 0.1) is 0 Å². The fraction of sp³-hybridized carbons (Fsp3) is 0.500. The van der Waals surface area contributed by atoms with Crippen molar-refractivity contribution in [3.63, 3.8) is 0 Å². The number of hydrogen-bond donors (Lipinski definition) is 5. The van der Waals surface area contributed by atoms with E-state index in [0.717, 1.165) is 83.7 Å². The van der Waals surface area contributed by atoms with Crippen molar-refractivity contribution in [2.45, 2.75) is 407 Å². The van der Waals surface area contributed by atoms with Crippen LogP contribution in [0.5, 0.6) is 0 Å². The van der Waals surface area contributed by atoms with Gasteiger partial charge in [-0.2, -0.15) is 0 Å². The number of rotatable bonds is 35. The molecule has 5 aliphatic carbocycles. The first-order valence-electron chi connectivity index (χ1n) is 50.7. The van der Waals surface area contributed by atoms with Crippen molar-refractivity contribution in [3.05, 3.63) is 326 Å². The molecule has 0 aliphatic heterocycles. The third-order valence-corrected chi connectivity index (χ3v) is 30.8. The second-order valence-corrected chi connectivity index (χ2v) is 41.0. The molecule has 0 amide bonds. The van der Waals surface area contributed by atoms with E-state index in [-0.39, 0.29) is 23.5 Å². The van der Waals surface area contributed by atoms with Crippen LogP contribution in [0.4, 0.5) is 23.5 Å². The predicted octanol–water partition coefficient (Wildman–Crippen LogP) is 38.5. The highest BCUT2D eigenvalue weighted by Gasteiger charge is 2.29. The fourth-order valence-electron chi connectivity index (χ4n) is 21.1. The summed E-state index contributed by atoms with van der Waals surface area (Å²) >= 11 is 22.0. The quantitative estimate of drug-likeness (QED) is 0.0146. The molecule has 5 saturated carbocycles. The van der Waals surface area contributed by atoms with Crippen molar-refractivity contribution in [2.75, 3.05) is 0 Å². The van der Waals surface area contributed by atoms with Crippen LogP contribution in [0, 0.1) is 0 Å². The Morgan fingerprint density at radius 3 is 0.346 bits per heavy atom. The van der Waals surface area contributed by atoms with Crippen LogP contribution in [-0.4, -0.2) is 0 Å². The number of thiol groups is 5. The zero-order chi connectivity index (χ0) is 87.4.